The molecule has 0 aliphatic carbocycles. The van der Waals surface area contributed by atoms with Gasteiger partial charge in [0.2, 0.25) is 0 Å². The third kappa shape index (κ3) is 5.88. The van der Waals surface area contributed by atoms with Crippen molar-refractivity contribution in [3.8, 4) is 0 Å². The van der Waals surface area contributed by atoms with E-state index in [4.69, 9.17) is 0 Å². The first-order valence-electron chi connectivity index (χ1n) is 7.05. The van der Waals surface area contributed by atoms with Crippen LogP contribution in [0.3, 0.4) is 0 Å². The Hall–Kier alpha value is -0.820. The summed E-state index contributed by atoms with van der Waals surface area (Å²) in [6, 6.07) is 9.55. The lowest BCUT2D eigenvalue weighted by molar-refractivity contribution is 0.462. The number of hydrogen-bond acceptors (Lipinski definition) is 1. The maximum atomic E-state index is 3.67. The van der Waals surface area contributed by atoms with Gasteiger partial charge < -0.3 is 5.32 Å². The second-order valence-electron chi connectivity index (χ2n) is 4.99. The van der Waals surface area contributed by atoms with Gasteiger partial charge in [0.25, 0.3) is 0 Å². The second kappa shape index (κ2) is 8.30. The fourth-order valence-electron chi connectivity index (χ4n) is 2.20. The summed E-state index contributed by atoms with van der Waals surface area (Å²) in [5.74, 6) is 0. The lowest BCUT2D eigenvalue weighted by Crippen LogP contribution is -2.31. The molecule has 0 amide bonds. The highest BCUT2D eigenvalue weighted by Gasteiger charge is 2.08. The number of benzene rings is 1. The molecule has 1 rings (SSSR count). The van der Waals surface area contributed by atoms with E-state index >= 15 is 0 Å². The van der Waals surface area contributed by atoms with Crippen molar-refractivity contribution >= 4 is 0 Å². The van der Waals surface area contributed by atoms with Crippen LogP contribution in [0.15, 0.2) is 24.3 Å². The Kier molecular flexibility index (Phi) is 6.95. The first-order chi connectivity index (χ1) is 8.26. The van der Waals surface area contributed by atoms with Crippen LogP contribution >= 0.6 is 0 Å². The van der Waals surface area contributed by atoms with Crippen molar-refractivity contribution in [2.75, 3.05) is 6.54 Å². The maximum absolute atomic E-state index is 3.67. The molecule has 0 heterocycles. The summed E-state index contributed by atoms with van der Waals surface area (Å²) in [6.45, 7) is 7.81. The minimum atomic E-state index is 0.650. The quantitative estimate of drug-likeness (QED) is 0.713. The van der Waals surface area contributed by atoms with E-state index in [9.17, 15) is 0 Å². The summed E-state index contributed by atoms with van der Waals surface area (Å²) in [7, 11) is 0. The molecule has 0 radical (unpaired) electrons. The lowest BCUT2D eigenvalue weighted by Gasteiger charge is -2.18. The second-order valence-corrected chi connectivity index (χ2v) is 4.99. The van der Waals surface area contributed by atoms with Crippen LogP contribution in [-0.4, -0.2) is 12.6 Å². The number of unbranched alkanes of at least 4 members (excludes halogenated alkanes) is 1. The van der Waals surface area contributed by atoms with Gasteiger partial charge in [-0.25, -0.2) is 0 Å². The van der Waals surface area contributed by atoms with Crippen molar-refractivity contribution in [2.45, 2.75) is 58.9 Å². The summed E-state index contributed by atoms with van der Waals surface area (Å²) < 4.78 is 0. The van der Waals surface area contributed by atoms with Crippen LogP contribution in [0.5, 0.6) is 0 Å². The Balaban J connectivity index is 2.51. The molecule has 1 aromatic rings. The zero-order valence-electron chi connectivity index (χ0n) is 11.6. The molecule has 0 aliphatic heterocycles. The lowest BCUT2D eigenvalue weighted by atomic mass is 10.00. The van der Waals surface area contributed by atoms with E-state index in [1.54, 1.807) is 0 Å². The van der Waals surface area contributed by atoms with Crippen molar-refractivity contribution in [3.63, 3.8) is 0 Å². The molecule has 0 aliphatic rings. The van der Waals surface area contributed by atoms with Crippen LogP contribution in [-0.2, 0) is 6.42 Å². The third-order valence-corrected chi connectivity index (χ3v) is 3.15. The van der Waals surface area contributed by atoms with E-state index in [2.05, 4.69) is 50.4 Å². The van der Waals surface area contributed by atoms with Gasteiger partial charge >= 0.3 is 0 Å². The number of rotatable bonds is 8. The predicted molar refractivity (Wildman–Crippen MR) is 76.5 cm³/mol. The Labute approximate surface area is 107 Å². The Morgan fingerprint density at radius 2 is 2.00 bits per heavy atom. The fourth-order valence-corrected chi connectivity index (χ4v) is 2.20. The monoisotopic (exact) mass is 233 g/mol. The normalized spacial score (nSPS) is 12.6. The standard InChI is InChI=1S/C16H27N/c1-4-6-10-16(17-11-5-2)13-15-9-7-8-14(3)12-15/h7-9,12,16-17H,4-6,10-11,13H2,1-3H3. The third-order valence-electron chi connectivity index (χ3n) is 3.15. The number of nitrogens with one attached hydrogen (secondary N) is 1. The predicted octanol–water partition coefficient (Wildman–Crippen LogP) is 4.10. The van der Waals surface area contributed by atoms with Gasteiger partial charge in [0.1, 0.15) is 0 Å². The maximum Gasteiger partial charge on any atom is 0.0107 e. The molecule has 0 fully saturated rings. The number of aryl methyl sites for hydroxylation is 1. The van der Waals surface area contributed by atoms with Crippen molar-refractivity contribution in [2.24, 2.45) is 0 Å². The topological polar surface area (TPSA) is 12.0 Å². The Morgan fingerprint density at radius 3 is 2.65 bits per heavy atom. The summed E-state index contributed by atoms with van der Waals surface area (Å²) in [5, 5.41) is 3.67. The van der Waals surface area contributed by atoms with E-state index < -0.39 is 0 Å². The SMILES string of the molecule is CCCCC(Cc1cccc(C)c1)NCCC. The molecule has 1 nitrogen and oxygen atoms in total. The Morgan fingerprint density at radius 1 is 1.18 bits per heavy atom. The van der Waals surface area contributed by atoms with Crippen LogP contribution in [0, 0.1) is 6.92 Å². The Bertz CT molecular complexity index is 298. The highest BCUT2D eigenvalue weighted by molar-refractivity contribution is 5.22. The summed E-state index contributed by atoms with van der Waals surface area (Å²) in [4.78, 5) is 0. The van der Waals surface area contributed by atoms with Gasteiger partial charge in [0, 0.05) is 6.04 Å². The molecule has 0 bridgehead atoms. The minimum absolute atomic E-state index is 0.650. The molecule has 96 valence electrons. The summed E-state index contributed by atoms with van der Waals surface area (Å²) >= 11 is 0. The van der Waals surface area contributed by atoms with Crippen molar-refractivity contribution in [1.29, 1.82) is 0 Å². The van der Waals surface area contributed by atoms with E-state index in [-0.39, 0.29) is 0 Å². The van der Waals surface area contributed by atoms with Crippen LogP contribution in [0.1, 0.15) is 50.7 Å². The molecular weight excluding hydrogens is 206 g/mol. The molecular formula is C16H27N. The molecule has 1 unspecified atom stereocenters. The van der Waals surface area contributed by atoms with Gasteiger partial charge in [-0.15, -0.1) is 0 Å². The molecule has 0 spiro atoms. The average Bonchev–Trinajstić information content (AvgIpc) is 2.32. The molecule has 1 heteroatoms. The highest BCUT2D eigenvalue weighted by atomic mass is 14.9. The van der Waals surface area contributed by atoms with Crippen LogP contribution in [0.2, 0.25) is 0 Å². The van der Waals surface area contributed by atoms with Crippen LogP contribution < -0.4 is 5.32 Å². The average molecular weight is 233 g/mol. The van der Waals surface area contributed by atoms with E-state index in [0.29, 0.717) is 6.04 Å². The largest absolute Gasteiger partial charge is 0.314 e. The smallest absolute Gasteiger partial charge is 0.0107 e. The van der Waals surface area contributed by atoms with Crippen LogP contribution in [0.4, 0.5) is 0 Å². The molecule has 0 saturated heterocycles. The summed E-state index contributed by atoms with van der Waals surface area (Å²) in [5.41, 5.74) is 2.84. The number of hydrogen-bond donors (Lipinski definition) is 1. The molecule has 0 saturated carbocycles. The van der Waals surface area contributed by atoms with E-state index in [1.165, 1.54) is 43.2 Å². The first-order valence-corrected chi connectivity index (χ1v) is 7.05. The minimum Gasteiger partial charge on any atom is -0.314 e. The van der Waals surface area contributed by atoms with Crippen LogP contribution in [0.25, 0.3) is 0 Å². The molecule has 17 heavy (non-hydrogen) atoms. The first kappa shape index (κ1) is 14.2. The van der Waals surface area contributed by atoms with Crippen molar-refractivity contribution < 1.29 is 0 Å². The van der Waals surface area contributed by atoms with Crippen molar-refractivity contribution in [1.82, 2.24) is 5.32 Å². The van der Waals surface area contributed by atoms with E-state index in [1.807, 2.05) is 0 Å². The van der Waals surface area contributed by atoms with Crippen molar-refractivity contribution in [3.05, 3.63) is 35.4 Å². The van der Waals surface area contributed by atoms with E-state index in [0.717, 1.165) is 6.54 Å². The van der Waals surface area contributed by atoms with Gasteiger partial charge in [-0.3, -0.25) is 0 Å². The van der Waals surface area contributed by atoms with Gasteiger partial charge in [-0.2, -0.15) is 0 Å². The van der Waals surface area contributed by atoms with Gasteiger partial charge in [0.15, 0.2) is 0 Å². The molecule has 0 aromatic heterocycles. The molecule has 1 aromatic carbocycles. The van der Waals surface area contributed by atoms with Gasteiger partial charge in [-0.1, -0.05) is 56.5 Å². The van der Waals surface area contributed by atoms with Gasteiger partial charge in [0.05, 0.1) is 0 Å². The highest BCUT2D eigenvalue weighted by Crippen LogP contribution is 2.11. The fraction of sp³-hybridized carbons (Fsp3) is 0.625. The zero-order chi connectivity index (χ0) is 12.5. The molecule has 1 atom stereocenters. The molecule has 1 N–H and O–H groups in total. The summed E-state index contributed by atoms with van der Waals surface area (Å²) in [6.07, 6.45) is 6.30. The van der Waals surface area contributed by atoms with Gasteiger partial charge in [-0.05, 0) is 38.3 Å². The zero-order valence-corrected chi connectivity index (χ0v) is 11.6.